The topological polar surface area (TPSA) is 153 Å². The zero-order chi connectivity index (χ0) is 24.8. The molecule has 4 aliphatic heterocycles. The van der Waals surface area contributed by atoms with E-state index in [0.717, 1.165) is 0 Å². The standard InChI is InChI=1S/C24H30O11/c1-21-10-23(30-2)14-8-24(21,33-19-17(28)16(27)15(26)13(9-25)32-19)22(14,20(34-21)35-23)11-31-18(29)12-6-4-3-5-7-12/h3-7,13-17,19-20,25-28H,8-11H2,1-2H3/t13-,14?,15-,16+,17-,19+,20?,21-,22+,23+,24+/m1/s1. The molecule has 0 amide bonds. The summed E-state index contributed by atoms with van der Waals surface area (Å²) in [4.78, 5) is 12.8. The molecule has 192 valence electrons. The number of carbonyl (C=O) groups excluding carboxylic acids is 1. The Morgan fingerprint density at radius 3 is 2.54 bits per heavy atom. The van der Waals surface area contributed by atoms with Gasteiger partial charge in [-0.25, -0.2) is 4.79 Å². The van der Waals surface area contributed by atoms with Gasteiger partial charge in [-0.3, -0.25) is 0 Å². The van der Waals surface area contributed by atoms with Crippen molar-refractivity contribution in [3.05, 3.63) is 35.9 Å². The molecule has 11 atom stereocenters. The molecule has 8 rings (SSSR count). The van der Waals surface area contributed by atoms with Crippen molar-refractivity contribution in [2.45, 2.75) is 73.8 Å². The number of esters is 1. The van der Waals surface area contributed by atoms with Crippen molar-refractivity contribution in [1.82, 2.24) is 0 Å². The lowest BCUT2D eigenvalue weighted by Gasteiger charge is -2.68. The predicted molar refractivity (Wildman–Crippen MR) is 114 cm³/mol. The second-order valence-electron chi connectivity index (χ2n) is 10.4. The first-order valence-corrected chi connectivity index (χ1v) is 11.8. The van der Waals surface area contributed by atoms with Crippen LogP contribution in [0.5, 0.6) is 0 Å². The average molecular weight is 494 g/mol. The third kappa shape index (κ3) is 2.79. The second kappa shape index (κ2) is 7.67. The van der Waals surface area contributed by atoms with Gasteiger partial charge >= 0.3 is 5.97 Å². The molecule has 1 aromatic rings. The molecule has 0 aromatic heterocycles. The van der Waals surface area contributed by atoms with E-state index in [1.54, 1.807) is 37.4 Å². The Morgan fingerprint density at radius 2 is 1.86 bits per heavy atom. The summed E-state index contributed by atoms with van der Waals surface area (Å²) in [6.07, 6.45) is -7.22. The number of hydrogen-bond acceptors (Lipinski definition) is 11. The van der Waals surface area contributed by atoms with Gasteiger partial charge in [0.15, 0.2) is 18.4 Å². The lowest BCUT2D eigenvalue weighted by atomic mass is 9.41. The summed E-state index contributed by atoms with van der Waals surface area (Å²) < 4.78 is 36.3. The van der Waals surface area contributed by atoms with Crippen molar-refractivity contribution in [3.63, 3.8) is 0 Å². The van der Waals surface area contributed by atoms with Gasteiger partial charge in [0.25, 0.3) is 0 Å². The molecule has 0 spiro atoms. The fourth-order valence-corrected chi connectivity index (χ4v) is 7.11. The quantitative estimate of drug-likeness (QED) is 0.356. The molecular weight excluding hydrogens is 464 g/mol. The van der Waals surface area contributed by atoms with Gasteiger partial charge in [-0.2, -0.15) is 0 Å². The molecule has 4 saturated heterocycles. The molecule has 7 fully saturated rings. The number of aliphatic hydroxyl groups excluding tert-OH is 4. The SMILES string of the molecule is CO[C@@]12C[C@@]3(C)OC(O1)[C@]1(COC(=O)c4ccccc4)C2C[C@@]13O[C@@H]1O[C@H](CO)[C@@H](O)[C@H](O)[C@H]1O. The number of carbonyl (C=O) groups is 1. The highest BCUT2D eigenvalue weighted by Crippen LogP contribution is 2.82. The van der Waals surface area contributed by atoms with Gasteiger partial charge in [0.1, 0.15) is 42.2 Å². The number of ether oxygens (including phenoxy) is 6. The number of aliphatic hydroxyl groups is 4. The maximum absolute atomic E-state index is 12.8. The van der Waals surface area contributed by atoms with Gasteiger partial charge in [-0.05, 0) is 25.5 Å². The smallest absolute Gasteiger partial charge is 0.338 e. The first-order valence-electron chi connectivity index (χ1n) is 11.8. The minimum absolute atomic E-state index is 0.0891. The fraction of sp³-hybridized carbons (Fsp3) is 0.708. The van der Waals surface area contributed by atoms with E-state index >= 15 is 0 Å². The van der Waals surface area contributed by atoms with E-state index in [-0.39, 0.29) is 12.5 Å². The highest BCUT2D eigenvalue weighted by atomic mass is 16.8. The lowest BCUT2D eigenvalue weighted by Crippen LogP contribution is -2.81. The second-order valence-corrected chi connectivity index (χ2v) is 10.4. The van der Waals surface area contributed by atoms with E-state index in [1.165, 1.54) is 0 Å². The Morgan fingerprint density at radius 1 is 1.11 bits per heavy atom. The molecule has 4 heterocycles. The zero-order valence-electron chi connectivity index (χ0n) is 19.4. The number of benzene rings is 1. The van der Waals surface area contributed by atoms with Crippen molar-refractivity contribution in [2.24, 2.45) is 11.3 Å². The highest BCUT2D eigenvalue weighted by Gasteiger charge is 2.95. The van der Waals surface area contributed by atoms with Crippen molar-refractivity contribution >= 4 is 5.97 Å². The van der Waals surface area contributed by atoms with Crippen LogP contribution in [0.15, 0.2) is 30.3 Å². The number of rotatable bonds is 7. The largest absolute Gasteiger partial charge is 0.461 e. The predicted octanol–water partition coefficient (Wildman–Crippen LogP) is -0.703. The summed E-state index contributed by atoms with van der Waals surface area (Å²) in [7, 11) is 1.57. The Kier molecular flexibility index (Phi) is 5.20. The molecule has 0 radical (unpaired) electrons. The van der Waals surface area contributed by atoms with Gasteiger partial charge < -0.3 is 48.8 Å². The van der Waals surface area contributed by atoms with Crippen LogP contribution in [0.3, 0.4) is 0 Å². The molecule has 7 aliphatic rings. The van der Waals surface area contributed by atoms with E-state index in [9.17, 15) is 25.2 Å². The highest BCUT2D eigenvalue weighted by molar-refractivity contribution is 5.89. The minimum Gasteiger partial charge on any atom is -0.461 e. The first-order chi connectivity index (χ1) is 16.7. The average Bonchev–Trinajstić information content (AvgIpc) is 3.07. The minimum atomic E-state index is -1.59. The molecule has 1 aromatic carbocycles. The number of methoxy groups -OCH3 is 1. The Hall–Kier alpha value is -1.67. The fourth-order valence-electron chi connectivity index (χ4n) is 7.11. The van der Waals surface area contributed by atoms with E-state index in [0.29, 0.717) is 18.4 Å². The molecule has 11 nitrogen and oxygen atoms in total. The van der Waals surface area contributed by atoms with E-state index < -0.39 is 72.0 Å². The summed E-state index contributed by atoms with van der Waals surface area (Å²) in [6, 6.07) is 8.60. The maximum atomic E-state index is 12.8. The molecular formula is C24H30O11. The van der Waals surface area contributed by atoms with Crippen LogP contribution in [0.1, 0.15) is 30.1 Å². The zero-order valence-corrected chi connectivity index (χ0v) is 19.4. The van der Waals surface area contributed by atoms with Crippen molar-refractivity contribution in [3.8, 4) is 0 Å². The van der Waals surface area contributed by atoms with Crippen LogP contribution in [0.25, 0.3) is 0 Å². The Balaban J connectivity index is 1.33. The molecule has 35 heavy (non-hydrogen) atoms. The molecule has 11 heteroatoms. The lowest BCUT2D eigenvalue weighted by molar-refractivity contribution is -0.427. The summed E-state index contributed by atoms with van der Waals surface area (Å²) in [5.41, 5.74) is -2.62. The van der Waals surface area contributed by atoms with Gasteiger partial charge in [0.05, 0.1) is 17.6 Å². The summed E-state index contributed by atoms with van der Waals surface area (Å²) in [5, 5.41) is 40.7. The van der Waals surface area contributed by atoms with E-state index in [2.05, 4.69) is 0 Å². The van der Waals surface area contributed by atoms with Gasteiger partial charge in [-0.1, -0.05) is 18.2 Å². The molecule has 2 unspecified atom stereocenters. The maximum Gasteiger partial charge on any atom is 0.338 e. The summed E-state index contributed by atoms with van der Waals surface area (Å²) in [6.45, 7) is 1.19. The van der Waals surface area contributed by atoms with Gasteiger partial charge in [-0.15, -0.1) is 0 Å². The summed E-state index contributed by atoms with van der Waals surface area (Å²) in [5.74, 6) is -1.67. The van der Waals surface area contributed by atoms with E-state index in [1.807, 2.05) is 6.92 Å². The molecule has 3 aliphatic carbocycles. The van der Waals surface area contributed by atoms with Crippen LogP contribution in [0.4, 0.5) is 0 Å². The van der Waals surface area contributed by atoms with Crippen LogP contribution in [-0.2, 0) is 28.4 Å². The van der Waals surface area contributed by atoms with Crippen LogP contribution < -0.4 is 0 Å². The third-order valence-electron chi connectivity index (χ3n) is 8.89. The normalized spacial score (nSPS) is 51.3. The van der Waals surface area contributed by atoms with Crippen LogP contribution >= 0.6 is 0 Å². The molecule has 4 N–H and O–H groups in total. The molecule has 6 bridgehead atoms. The van der Waals surface area contributed by atoms with Crippen LogP contribution in [0, 0.1) is 11.3 Å². The van der Waals surface area contributed by atoms with Gasteiger partial charge in [0.2, 0.25) is 0 Å². The molecule has 3 saturated carbocycles. The Bertz CT molecular complexity index is 1000. The number of hydrogen-bond donors (Lipinski definition) is 4. The van der Waals surface area contributed by atoms with Crippen molar-refractivity contribution < 1.29 is 53.6 Å². The third-order valence-corrected chi connectivity index (χ3v) is 8.89. The van der Waals surface area contributed by atoms with Crippen molar-refractivity contribution in [1.29, 1.82) is 0 Å². The van der Waals surface area contributed by atoms with Gasteiger partial charge in [0, 0.05) is 19.4 Å². The van der Waals surface area contributed by atoms with Crippen LogP contribution in [-0.4, -0.2) is 101 Å². The Labute approximate surface area is 201 Å². The summed E-state index contributed by atoms with van der Waals surface area (Å²) >= 11 is 0. The van der Waals surface area contributed by atoms with Crippen molar-refractivity contribution in [2.75, 3.05) is 20.3 Å². The first kappa shape index (κ1) is 23.7. The van der Waals surface area contributed by atoms with Crippen LogP contribution in [0.2, 0.25) is 0 Å². The monoisotopic (exact) mass is 494 g/mol. The van der Waals surface area contributed by atoms with E-state index in [4.69, 9.17) is 28.4 Å².